The molecule has 6 rings (SSSR count). The monoisotopic (exact) mass is 673 g/mol. The summed E-state index contributed by atoms with van der Waals surface area (Å²) in [6.07, 6.45) is 9.55. The lowest BCUT2D eigenvalue weighted by molar-refractivity contribution is -0.115. The van der Waals surface area contributed by atoms with E-state index in [1.54, 1.807) is 6.07 Å². The SMILES string of the molecule is C[C@H](Oc1cc(N/C=C\C(=N)C(=O)N[C@H]2CCOC2)nc(C(=N)C2=C(O)[C@@]3(CCC2)CCCc2sc(N)c(C#N)c23)n1)[C@@H]1CCCN1C. The van der Waals surface area contributed by atoms with E-state index in [-0.39, 0.29) is 47.1 Å². The molecule has 1 amide bonds. The minimum absolute atomic E-state index is 0.0190. The van der Waals surface area contributed by atoms with Crippen molar-refractivity contribution in [3.05, 3.63) is 51.5 Å². The van der Waals surface area contributed by atoms with Crippen LogP contribution in [0.1, 0.15) is 80.1 Å². The van der Waals surface area contributed by atoms with Gasteiger partial charge in [-0.2, -0.15) is 10.2 Å². The average Bonchev–Trinajstić information content (AvgIpc) is 3.82. The Morgan fingerprint density at radius 2 is 2.08 bits per heavy atom. The van der Waals surface area contributed by atoms with Crippen LogP contribution in [0, 0.1) is 22.1 Å². The average molecular weight is 674 g/mol. The minimum atomic E-state index is -0.780. The molecule has 0 radical (unpaired) electrons. The molecule has 0 bridgehead atoms. The van der Waals surface area contributed by atoms with E-state index in [4.69, 9.17) is 20.6 Å². The second-order valence-corrected chi connectivity index (χ2v) is 14.2. The number of carbonyl (C=O) groups is 1. The number of ether oxygens (including phenoxy) is 2. The zero-order valence-corrected chi connectivity index (χ0v) is 28.2. The number of amides is 1. The van der Waals surface area contributed by atoms with E-state index in [1.807, 2.05) is 6.92 Å². The smallest absolute Gasteiger partial charge is 0.269 e. The number of anilines is 2. The molecule has 2 fully saturated rings. The van der Waals surface area contributed by atoms with Gasteiger partial charge in [-0.15, -0.1) is 11.3 Å². The van der Waals surface area contributed by atoms with E-state index in [2.05, 4.69) is 38.6 Å². The number of aliphatic hydroxyl groups excluding tert-OH is 1. The Hall–Kier alpha value is -4.32. The molecule has 14 heteroatoms. The van der Waals surface area contributed by atoms with Crippen LogP contribution in [0.3, 0.4) is 0 Å². The zero-order valence-electron chi connectivity index (χ0n) is 27.4. The summed E-state index contributed by atoms with van der Waals surface area (Å²) < 4.78 is 11.6. The number of fused-ring (bicyclic) bond motifs is 2. The van der Waals surface area contributed by atoms with Gasteiger partial charge in [0.25, 0.3) is 5.91 Å². The summed E-state index contributed by atoms with van der Waals surface area (Å²) in [6.45, 7) is 4.01. The van der Waals surface area contributed by atoms with Crippen LogP contribution in [-0.2, 0) is 21.4 Å². The number of likely N-dealkylation sites (tertiary alicyclic amines) is 1. The van der Waals surface area contributed by atoms with Crippen molar-refractivity contribution in [1.82, 2.24) is 20.2 Å². The maximum Gasteiger partial charge on any atom is 0.269 e. The van der Waals surface area contributed by atoms with Gasteiger partial charge in [0.1, 0.15) is 40.2 Å². The van der Waals surface area contributed by atoms with Gasteiger partial charge in [0.05, 0.1) is 23.6 Å². The number of nitrogens with zero attached hydrogens (tertiary/aromatic N) is 4. The Balaban J connectivity index is 1.30. The Labute approximate surface area is 284 Å². The van der Waals surface area contributed by atoms with Crippen molar-refractivity contribution in [2.45, 2.75) is 88.3 Å². The molecule has 0 unspecified atom stereocenters. The number of likely N-dealkylation sites (N-methyl/N-ethyl adjacent to an activating group) is 1. The number of aryl methyl sites for hydroxylation is 1. The lowest BCUT2D eigenvalue weighted by atomic mass is 9.63. The van der Waals surface area contributed by atoms with E-state index in [1.165, 1.54) is 23.6 Å². The Morgan fingerprint density at radius 3 is 2.79 bits per heavy atom. The fourth-order valence-electron chi connectivity index (χ4n) is 7.59. The van der Waals surface area contributed by atoms with E-state index >= 15 is 0 Å². The molecule has 2 aliphatic heterocycles. The van der Waals surface area contributed by atoms with Crippen LogP contribution >= 0.6 is 11.3 Å². The first-order valence-electron chi connectivity index (χ1n) is 16.6. The van der Waals surface area contributed by atoms with Crippen LogP contribution in [0.15, 0.2) is 29.7 Å². The van der Waals surface area contributed by atoms with E-state index in [0.717, 1.165) is 42.7 Å². The van der Waals surface area contributed by atoms with Crippen molar-refractivity contribution in [3.63, 3.8) is 0 Å². The number of hydrogen-bond donors (Lipinski definition) is 6. The Bertz CT molecular complexity index is 1710. The van der Waals surface area contributed by atoms with Crippen LogP contribution in [0.5, 0.6) is 5.88 Å². The first kappa shape index (κ1) is 33.6. The predicted octanol–water partition coefficient (Wildman–Crippen LogP) is 4.34. The van der Waals surface area contributed by atoms with Gasteiger partial charge in [-0.3, -0.25) is 20.5 Å². The number of allylic oxidation sites excluding steroid dienone is 2. The van der Waals surface area contributed by atoms with E-state index in [9.17, 15) is 20.6 Å². The quantitative estimate of drug-likeness (QED) is 0.197. The summed E-state index contributed by atoms with van der Waals surface area (Å²) in [5.74, 6) is 0.239. The number of nitrogens with one attached hydrogen (secondary N) is 4. The number of hydrogen-bond acceptors (Lipinski definition) is 13. The summed E-state index contributed by atoms with van der Waals surface area (Å²) in [5.41, 5.74) is 6.92. The highest BCUT2D eigenvalue weighted by Crippen LogP contribution is 2.54. The molecule has 1 spiro atoms. The number of rotatable bonds is 10. The molecule has 0 aromatic carbocycles. The minimum Gasteiger partial charge on any atom is -0.511 e. The fraction of sp³-hybridized carbons (Fsp3) is 0.529. The third-order valence-corrected chi connectivity index (χ3v) is 11.1. The van der Waals surface area contributed by atoms with Gasteiger partial charge in [0.2, 0.25) is 5.88 Å². The topological polar surface area (TPSA) is 206 Å². The largest absolute Gasteiger partial charge is 0.511 e. The summed E-state index contributed by atoms with van der Waals surface area (Å²) in [4.78, 5) is 25.0. The normalized spacial score (nSPS) is 24.8. The van der Waals surface area contributed by atoms with Crippen LogP contribution in [0.2, 0.25) is 0 Å². The molecule has 4 aliphatic rings. The van der Waals surface area contributed by atoms with Gasteiger partial charge in [-0.1, -0.05) is 0 Å². The van der Waals surface area contributed by atoms with Crippen molar-refractivity contribution in [2.75, 3.05) is 37.9 Å². The van der Waals surface area contributed by atoms with E-state index < -0.39 is 11.3 Å². The highest BCUT2D eigenvalue weighted by Gasteiger charge is 2.47. The summed E-state index contributed by atoms with van der Waals surface area (Å²) >= 11 is 1.42. The first-order chi connectivity index (χ1) is 23.1. The summed E-state index contributed by atoms with van der Waals surface area (Å²) in [6, 6.07) is 4.01. The molecule has 4 heterocycles. The molecule has 2 aromatic heterocycles. The highest BCUT2D eigenvalue weighted by molar-refractivity contribution is 7.16. The van der Waals surface area contributed by atoms with Crippen molar-refractivity contribution in [2.24, 2.45) is 0 Å². The van der Waals surface area contributed by atoms with Gasteiger partial charge >= 0.3 is 0 Å². The standard InChI is InChI=1S/C34H43N9O4S/c1-19(24-7-5-14-43(24)2)47-27-16-26(39-13-9-23(36)33(45)40-20-10-15-46-18-20)41-32(42-27)29(37)21-6-3-11-34(30(21)44)12-4-8-25-28(34)22(17-35)31(38)48-25/h9,13,16,19-20,24,36-37,44H,3-8,10-12,14-15,18,38H2,1-2H3,(H,40,45)(H,39,41,42)/b13-9-,36-23?,37-29?/t19-,20-,24-,34-/m0/s1. The summed E-state index contributed by atoms with van der Waals surface area (Å²) in [7, 11) is 2.07. The molecular weight excluding hydrogens is 630 g/mol. The molecular formula is C34H43N9O4S. The van der Waals surface area contributed by atoms with Crippen molar-refractivity contribution < 1.29 is 19.4 Å². The van der Waals surface area contributed by atoms with Gasteiger partial charge in [0.15, 0.2) is 5.82 Å². The first-order valence-corrected chi connectivity index (χ1v) is 17.4. The Morgan fingerprint density at radius 1 is 1.29 bits per heavy atom. The maximum absolute atomic E-state index is 12.5. The molecule has 0 saturated carbocycles. The molecule has 48 heavy (non-hydrogen) atoms. The van der Waals surface area contributed by atoms with Crippen LogP contribution in [0.25, 0.3) is 0 Å². The molecule has 2 aromatic rings. The second-order valence-electron chi connectivity index (χ2n) is 13.1. The number of nitrogens with two attached hydrogens (primary N) is 1. The zero-order chi connectivity index (χ0) is 34.0. The number of aliphatic hydroxyl groups is 1. The predicted molar refractivity (Wildman–Crippen MR) is 184 cm³/mol. The third kappa shape index (κ3) is 6.54. The Kier molecular flexibility index (Phi) is 9.82. The highest BCUT2D eigenvalue weighted by atomic mass is 32.1. The van der Waals surface area contributed by atoms with Crippen molar-refractivity contribution >= 4 is 39.5 Å². The number of carbonyl (C=O) groups excluding carboxylic acids is 1. The van der Waals surface area contributed by atoms with Gasteiger partial charge in [-0.05, 0) is 89.9 Å². The number of nitriles is 1. The van der Waals surface area contributed by atoms with Crippen molar-refractivity contribution in [1.29, 1.82) is 16.1 Å². The lowest BCUT2D eigenvalue weighted by Crippen LogP contribution is -2.38. The van der Waals surface area contributed by atoms with Crippen LogP contribution in [0.4, 0.5) is 10.8 Å². The third-order valence-electron chi connectivity index (χ3n) is 10.0. The molecule has 2 aliphatic carbocycles. The van der Waals surface area contributed by atoms with Gasteiger partial charge < -0.3 is 30.9 Å². The van der Waals surface area contributed by atoms with Crippen LogP contribution < -0.4 is 21.1 Å². The molecule has 7 N–H and O–H groups in total. The van der Waals surface area contributed by atoms with Crippen LogP contribution in [-0.4, -0.2) is 82.3 Å². The maximum atomic E-state index is 12.5. The van der Waals surface area contributed by atoms with E-state index in [0.29, 0.717) is 67.3 Å². The molecule has 254 valence electrons. The fourth-order valence-corrected chi connectivity index (χ4v) is 8.75. The summed E-state index contributed by atoms with van der Waals surface area (Å²) in [5, 5.41) is 45.7. The van der Waals surface area contributed by atoms with Gasteiger partial charge in [-0.25, -0.2) is 4.98 Å². The molecule has 2 saturated heterocycles. The molecule has 13 nitrogen and oxygen atoms in total. The van der Waals surface area contributed by atoms with Gasteiger partial charge in [0, 0.05) is 35.4 Å². The molecule has 4 atom stereocenters. The second kappa shape index (κ2) is 14.0. The number of nitrogen functional groups attached to an aromatic ring is 1. The lowest BCUT2D eigenvalue weighted by Gasteiger charge is -2.41. The van der Waals surface area contributed by atoms with Crippen molar-refractivity contribution in [3.8, 4) is 11.9 Å². The number of thiophene rings is 1. The number of aromatic nitrogens is 2.